The second kappa shape index (κ2) is 9.19. The molecular formula is C18H30BrN3. The summed E-state index contributed by atoms with van der Waals surface area (Å²) in [7, 11) is 0. The van der Waals surface area contributed by atoms with Gasteiger partial charge in [-0.3, -0.25) is 4.98 Å². The molecule has 2 aromatic heterocycles. The quantitative estimate of drug-likeness (QED) is 0.624. The van der Waals surface area contributed by atoms with E-state index in [2.05, 4.69) is 58.1 Å². The third-order valence-corrected chi connectivity index (χ3v) is 4.60. The fourth-order valence-corrected chi connectivity index (χ4v) is 3.08. The molecule has 0 fully saturated rings. The molecule has 0 saturated heterocycles. The number of aromatic amines is 1. The van der Waals surface area contributed by atoms with E-state index in [1.807, 2.05) is 20.8 Å². The Morgan fingerprint density at radius 3 is 2.32 bits per heavy atom. The third-order valence-electron chi connectivity index (χ3n) is 3.63. The maximum absolute atomic E-state index is 4.64. The molecule has 0 aromatic carbocycles. The van der Waals surface area contributed by atoms with Crippen LogP contribution in [-0.2, 0) is 0 Å². The largest absolute Gasteiger partial charge is 0.381 e. The van der Waals surface area contributed by atoms with Gasteiger partial charge in [-0.1, -0.05) is 40.5 Å². The highest BCUT2D eigenvalue weighted by Crippen LogP contribution is 2.31. The number of nitrogens with one attached hydrogen (secondary N) is 2. The summed E-state index contributed by atoms with van der Waals surface area (Å²) in [6.07, 6.45) is 4.83. The van der Waals surface area contributed by atoms with Gasteiger partial charge in [0.25, 0.3) is 0 Å². The minimum Gasteiger partial charge on any atom is -0.381 e. The van der Waals surface area contributed by atoms with Crippen LogP contribution >= 0.6 is 15.9 Å². The fraction of sp³-hybridized carbons (Fsp3) is 0.611. The number of anilines is 1. The highest BCUT2D eigenvalue weighted by Gasteiger charge is 2.14. The number of hydrogen-bond donors (Lipinski definition) is 2. The molecule has 2 heterocycles. The van der Waals surface area contributed by atoms with Gasteiger partial charge in [0, 0.05) is 17.4 Å². The summed E-state index contributed by atoms with van der Waals surface area (Å²) in [5, 5.41) is 3.71. The monoisotopic (exact) mass is 367 g/mol. The van der Waals surface area contributed by atoms with Crippen LogP contribution in [0.5, 0.6) is 0 Å². The lowest BCUT2D eigenvalue weighted by atomic mass is 10.1. The Morgan fingerprint density at radius 1 is 1.18 bits per heavy atom. The molecule has 2 N–H and O–H groups in total. The van der Waals surface area contributed by atoms with Crippen LogP contribution in [0.3, 0.4) is 0 Å². The third kappa shape index (κ3) is 4.48. The Bertz CT molecular complexity index is 584. The van der Waals surface area contributed by atoms with Crippen molar-refractivity contribution < 1.29 is 0 Å². The number of pyridine rings is 1. The molecule has 0 radical (unpaired) electrons. The number of nitrogens with zero attached hydrogens (tertiary/aromatic N) is 1. The maximum Gasteiger partial charge on any atom is 0.105 e. The number of fused-ring (bicyclic) bond motifs is 1. The van der Waals surface area contributed by atoms with Crippen LogP contribution in [0.2, 0.25) is 0 Å². The molecule has 2 aromatic rings. The second-order valence-corrected chi connectivity index (χ2v) is 6.31. The molecule has 0 bridgehead atoms. The summed E-state index contributed by atoms with van der Waals surface area (Å²) >= 11 is 3.63. The van der Waals surface area contributed by atoms with Crippen LogP contribution in [0.1, 0.15) is 64.8 Å². The molecule has 2 rings (SSSR count). The van der Waals surface area contributed by atoms with E-state index in [4.69, 9.17) is 0 Å². The van der Waals surface area contributed by atoms with E-state index in [9.17, 15) is 0 Å². The average molecular weight is 368 g/mol. The first kappa shape index (κ1) is 19.0. The normalized spacial score (nSPS) is 10.7. The molecule has 0 unspecified atom stereocenters. The SMILES string of the molecule is CC.CCCC(CCC)Nc1cc(C)nc2c(Br)c(C)[nH]c12. The molecule has 0 aliphatic heterocycles. The van der Waals surface area contributed by atoms with Crippen molar-refractivity contribution in [2.75, 3.05) is 5.32 Å². The van der Waals surface area contributed by atoms with Crippen molar-refractivity contribution in [1.82, 2.24) is 9.97 Å². The summed E-state index contributed by atoms with van der Waals surface area (Å²) in [4.78, 5) is 8.08. The summed E-state index contributed by atoms with van der Waals surface area (Å²) in [6.45, 7) is 12.6. The predicted octanol–water partition coefficient (Wildman–Crippen LogP) is 6.35. The van der Waals surface area contributed by atoms with Gasteiger partial charge in [0.1, 0.15) is 5.52 Å². The summed E-state index contributed by atoms with van der Waals surface area (Å²) in [6, 6.07) is 2.68. The fourth-order valence-electron chi connectivity index (χ4n) is 2.70. The molecule has 3 nitrogen and oxygen atoms in total. The molecule has 0 saturated carbocycles. The van der Waals surface area contributed by atoms with Crippen LogP contribution in [-0.4, -0.2) is 16.0 Å². The lowest BCUT2D eigenvalue weighted by Crippen LogP contribution is -2.19. The van der Waals surface area contributed by atoms with Gasteiger partial charge in [-0.15, -0.1) is 0 Å². The van der Waals surface area contributed by atoms with Crippen molar-refractivity contribution >= 4 is 32.7 Å². The molecule has 0 spiro atoms. The maximum atomic E-state index is 4.64. The van der Waals surface area contributed by atoms with Gasteiger partial charge in [-0.25, -0.2) is 0 Å². The number of aromatic nitrogens is 2. The van der Waals surface area contributed by atoms with Crippen LogP contribution in [0, 0.1) is 13.8 Å². The van der Waals surface area contributed by atoms with E-state index in [0.29, 0.717) is 6.04 Å². The summed E-state index contributed by atoms with van der Waals surface area (Å²) in [5.41, 5.74) is 5.48. The Labute approximate surface area is 143 Å². The van der Waals surface area contributed by atoms with Crippen molar-refractivity contribution in [3.63, 3.8) is 0 Å². The molecule has 0 aliphatic carbocycles. The van der Waals surface area contributed by atoms with E-state index in [1.165, 1.54) is 31.4 Å². The number of aryl methyl sites for hydroxylation is 2. The van der Waals surface area contributed by atoms with Gasteiger partial charge < -0.3 is 10.3 Å². The number of hydrogen-bond acceptors (Lipinski definition) is 2. The zero-order valence-electron chi connectivity index (χ0n) is 14.8. The zero-order chi connectivity index (χ0) is 16.7. The Hall–Kier alpha value is -1.03. The zero-order valence-corrected chi connectivity index (χ0v) is 16.4. The van der Waals surface area contributed by atoms with Gasteiger partial charge in [0.05, 0.1) is 15.7 Å². The van der Waals surface area contributed by atoms with E-state index in [0.717, 1.165) is 26.9 Å². The van der Waals surface area contributed by atoms with Crippen LogP contribution in [0.4, 0.5) is 5.69 Å². The van der Waals surface area contributed by atoms with Crippen molar-refractivity contribution in [3.05, 3.63) is 21.9 Å². The number of H-pyrrole nitrogens is 1. The first-order valence-corrected chi connectivity index (χ1v) is 9.28. The smallest absolute Gasteiger partial charge is 0.105 e. The van der Waals surface area contributed by atoms with Gasteiger partial charge in [-0.05, 0) is 48.7 Å². The molecule has 0 amide bonds. The minimum absolute atomic E-state index is 0.539. The van der Waals surface area contributed by atoms with E-state index in [1.54, 1.807) is 0 Å². The van der Waals surface area contributed by atoms with Crippen LogP contribution < -0.4 is 5.32 Å². The highest BCUT2D eigenvalue weighted by molar-refractivity contribution is 9.10. The summed E-state index contributed by atoms with van der Waals surface area (Å²) in [5.74, 6) is 0. The predicted molar refractivity (Wildman–Crippen MR) is 102 cm³/mol. The van der Waals surface area contributed by atoms with E-state index in [-0.39, 0.29) is 0 Å². The second-order valence-electron chi connectivity index (χ2n) is 5.52. The van der Waals surface area contributed by atoms with E-state index >= 15 is 0 Å². The van der Waals surface area contributed by atoms with Gasteiger partial charge >= 0.3 is 0 Å². The Morgan fingerprint density at radius 2 is 1.77 bits per heavy atom. The Kier molecular flexibility index (Phi) is 7.94. The number of halogens is 1. The van der Waals surface area contributed by atoms with Crippen molar-refractivity contribution in [2.45, 2.75) is 73.3 Å². The standard InChI is InChI=1S/C16H24BrN3.C2H6/c1-5-7-12(8-6-2)20-13-9-10(3)18-16-14(17)11(4)19-15(13)16;1-2/h9,12,19H,5-8H2,1-4H3,(H,18,20);1-2H3. The topological polar surface area (TPSA) is 40.7 Å². The average Bonchev–Trinajstić information content (AvgIpc) is 2.78. The Balaban J connectivity index is 0.00000116. The first-order chi connectivity index (χ1) is 10.6. The van der Waals surface area contributed by atoms with Crippen LogP contribution in [0.15, 0.2) is 10.5 Å². The lowest BCUT2D eigenvalue weighted by Gasteiger charge is -2.19. The molecule has 0 atom stereocenters. The van der Waals surface area contributed by atoms with Crippen molar-refractivity contribution in [1.29, 1.82) is 0 Å². The van der Waals surface area contributed by atoms with Crippen LogP contribution in [0.25, 0.3) is 11.0 Å². The van der Waals surface area contributed by atoms with Crippen molar-refractivity contribution in [2.24, 2.45) is 0 Å². The van der Waals surface area contributed by atoms with Crippen molar-refractivity contribution in [3.8, 4) is 0 Å². The molecular weight excluding hydrogens is 338 g/mol. The van der Waals surface area contributed by atoms with Gasteiger partial charge in [0.2, 0.25) is 0 Å². The summed E-state index contributed by atoms with van der Waals surface area (Å²) < 4.78 is 1.07. The molecule has 22 heavy (non-hydrogen) atoms. The lowest BCUT2D eigenvalue weighted by molar-refractivity contribution is 0.586. The van der Waals surface area contributed by atoms with E-state index < -0.39 is 0 Å². The molecule has 4 heteroatoms. The highest BCUT2D eigenvalue weighted by atomic mass is 79.9. The first-order valence-electron chi connectivity index (χ1n) is 8.48. The minimum atomic E-state index is 0.539. The van der Waals surface area contributed by atoms with Gasteiger partial charge in [0.15, 0.2) is 0 Å². The van der Waals surface area contributed by atoms with Gasteiger partial charge in [-0.2, -0.15) is 0 Å². The molecule has 0 aliphatic rings. The molecule has 124 valence electrons. The number of rotatable bonds is 6.